The highest BCUT2D eigenvalue weighted by Gasteiger charge is 2.05. The molecule has 5 heteroatoms. The van der Waals surface area contributed by atoms with Crippen LogP contribution in [0.2, 0.25) is 0 Å². The summed E-state index contributed by atoms with van der Waals surface area (Å²) in [5, 5.41) is 6.33. The number of nitrogens with one attached hydrogen (secondary N) is 2. The Kier molecular flexibility index (Phi) is 6.11. The molecule has 1 amide bonds. The predicted molar refractivity (Wildman–Crippen MR) is 122 cm³/mol. The fourth-order valence-corrected chi connectivity index (χ4v) is 3.12. The molecule has 4 rings (SSSR count). The van der Waals surface area contributed by atoms with E-state index in [1.807, 2.05) is 66.7 Å². The molecule has 0 aliphatic rings. The van der Waals surface area contributed by atoms with Crippen LogP contribution in [0.1, 0.15) is 11.3 Å². The molecule has 5 nitrogen and oxygen atoms in total. The summed E-state index contributed by atoms with van der Waals surface area (Å²) in [4.78, 5) is 21.3. The molecule has 0 radical (unpaired) electrons. The third-order valence-corrected chi connectivity index (χ3v) is 4.63. The third kappa shape index (κ3) is 5.08. The van der Waals surface area contributed by atoms with E-state index in [1.165, 1.54) is 11.6 Å². The first-order chi connectivity index (χ1) is 14.8. The van der Waals surface area contributed by atoms with Crippen LogP contribution in [-0.2, 0) is 11.2 Å². The normalized spacial score (nSPS) is 10.9. The van der Waals surface area contributed by atoms with Crippen molar-refractivity contribution in [3.8, 4) is 0 Å². The minimum atomic E-state index is -0.220. The van der Waals surface area contributed by atoms with Crippen molar-refractivity contribution >= 4 is 34.4 Å². The number of para-hydroxylation sites is 4. The number of aromatic nitrogens is 2. The summed E-state index contributed by atoms with van der Waals surface area (Å²) in [5.41, 5.74) is 5.16. The largest absolute Gasteiger partial charge is 0.383 e. The van der Waals surface area contributed by atoms with E-state index in [0.29, 0.717) is 5.69 Å². The number of fused-ring (bicyclic) bond motifs is 1. The van der Waals surface area contributed by atoms with E-state index in [9.17, 15) is 4.79 Å². The maximum Gasteiger partial charge on any atom is 0.248 e. The SMILES string of the molecule is O=C(/C=C/c1cnc2ccccc2n1)Nc1ccccc1NCCc1ccccc1. The Bertz CT molecular complexity index is 1170. The zero-order valence-corrected chi connectivity index (χ0v) is 16.5. The molecule has 30 heavy (non-hydrogen) atoms. The average molecular weight is 394 g/mol. The number of carbonyl (C=O) groups is 1. The van der Waals surface area contributed by atoms with Crippen LogP contribution >= 0.6 is 0 Å². The molecular formula is C25H22N4O. The number of carbonyl (C=O) groups excluding carboxylic acids is 1. The zero-order chi connectivity index (χ0) is 20.6. The average Bonchev–Trinajstić information content (AvgIpc) is 2.79. The molecule has 0 aliphatic heterocycles. The molecule has 0 unspecified atom stereocenters. The monoisotopic (exact) mass is 394 g/mol. The molecule has 4 aromatic rings. The summed E-state index contributed by atoms with van der Waals surface area (Å²) in [5.74, 6) is -0.220. The van der Waals surface area contributed by atoms with Gasteiger partial charge in [0.15, 0.2) is 0 Å². The van der Waals surface area contributed by atoms with Gasteiger partial charge in [-0.15, -0.1) is 0 Å². The Morgan fingerprint density at radius 1 is 0.833 bits per heavy atom. The molecule has 0 spiro atoms. The number of nitrogens with zero attached hydrogens (tertiary/aromatic N) is 2. The van der Waals surface area contributed by atoms with Crippen LogP contribution in [-0.4, -0.2) is 22.4 Å². The standard InChI is InChI=1S/C25H22N4O/c30-25(15-14-20-18-27-22-11-5-6-12-23(22)28-20)29-24-13-7-4-10-21(24)26-17-16-19-8-2-1-3-9-19/h1-15,18,26H,16-17H2,(H,29,30)/b15-14+. The van der Waals surface area contributed by atoms with Gasteiger partial charge in [0.2, 0.25) is 5.91 Å². The number of hydrogen-bond donors (Lipinski definition) is 2. The molecule has 0 saturated heterocycles. The van der Waals surface area contributed by atoms with Gasteiger partial charge < -0.3 is 10.6 Å². The van der Waals surface area contributed by atoms with Crippen LogP contribution in [0.3, 0.4) is 0 Å². The highest BCUT2D eigenvalue weighted by molar-refractivity contribution is 6.03. The zero-order valence-electron chi connectivity index (χ0n) is 16.5. The quantitative estimate of drug-likeness (QED) is 0.436. The van der Waals surface area contributed by atoms with Gasteiger partial charge in [-0.1, -0.05) is 54.6 Å². The van der Waals surface area contributed by atoms with Gasteiger partial charge in [-0.05, 0) is 42.3 Å². The second-order valence-corrected chi connectivity index (χ2v) is 6.81. The van der Waals surface area contributed by atoms with Crippen LogP contribution in [0.15, 0.2) is 91.1 Å². The van der Waals surface area contributed by atoms with E-state index < -0.39 is 0 Å². The van der Waals surface area contributed by atoms with Crippen LogP contribution < -0.4 is 10.6 Å². The number of benzene rings is 3. The third-order valence-electron chi connectivity index (χ3n) is 4.63. The summed E-state index contributed by atoms with van der Waals surface area (Å²) in [6.45, 7) is 0.777. The lowest BCUT2D eigenvalue weighted by Gasteiger charge is -2.12. The van der Waals surface area contributed by atoms with Crippen LogP contribution in [0, 0.1) is 0 Å². The van der Waals surface area contributed by atoms with Crippen LogP contribution in [0.25, 0.3) is 17.1 Å². The molecule has 0 atom stereocenters. The van der Waals surface area contributed by atoms with Gasteiger partial charge in [-0.2, -0.15) is 0 Å². The van der Waals surface area contributed by atoms with Gasteiger partial charge in [0.1, 0.15) is 0 Å². The maximum absolute atomic E-state index is 12.4. The Morgan fingerprint density at radius 3 is 2.37 bits per heavy atom. The lowest BCUT2D eigenvalue weighted by Crippen LogP contribution is -2.12. The number of rotatable bonds is 7. The van der Waals surface area contributed by atoms with Crippen molar-refractivity contribution < 1.29 is 4.79 Å². The maximum atomic E-state index is 12.4. The van der Waals surface area contributed by atoms with Gasteiger partial charge in [0, 0.05) is 12.6 Å². The van der Waals surface area contributed by atoms with Crippen LogP contribution in [0.5, 0.6) is 0 Å². The van der Waals surface area contributed by atoms with Gasteiger partial charge >= 0.3 is 0 Å². The van der Waals surface area contributed by atoms with Gasteiger partial charge in [0.05, 0.1) is 34.3 Å². The summed E-state index contributed by atoms with van der Waals surface area (Å²) >= 11 is 0. The predicted octanol–water partition coefficient (Wildman–Crippen LogP) is 4.94. The van der Waals surface area contributed by atoms with Crippen LogP contribution in [0.4, 0.5) is 11.4 Å². The highest BCUT2D eigenvalue weighted by Crippen LogP contribution is 2.21. The minimum Gasteiger partial charge on any atom is -0.383 e. The molecule has 148 valence electrons. The molecule has 0 bridgehead atoms. The second-order valence-electron chi connectivity index (χ2n) is 6.81. The Labute approximate surface area is 175 Å². The van der Waals surface area contributed by atoms with Crippen molar-refractivity contribution in [2.45, 2.75) is 6.42 Å². The first-order valence-corrected chi connectivity index (χ1v) is 9.85. The molecule has 0 saturated carbocycles. The van der Waals surface area contributed by atoms with Crippen molar-refractivity contribution in [3.63, 3.8) is 0 Å². The Morgan fingerprint density at radius 2 is 1.53 bits per heavy atom. The van der Waals surface area contributed by atoms with E-state index in [4.69, 9.17) is 0 Å². The molecule has 0 aliphatic carbocycles. The lowest BCUT2D eigenvalue weighted by molar-refractivity contribution is -0.111. The van der Waals surface area contributed by atoms with Crippen molar-refractivity contribution in [2.75, 3.05) is 17.2 Å². The van der Waals surface area contributed by atoms with Gasteiger partial charge in [-0.3, -0.25) is 9.78 Å². The Hall–Kier alpha value is -3.99. The fourth-order valence-electron chi connectivity index (χ4n) is 3.12. The van der Waals surface area contributed by atoms with Crippen molar-refractivity contribution in [2.24, 2.45) is 0 Å². The summed E-state index contributed by atoms with van der Waals surface area (Å²) < 4.78 is 0. The molecule has 3 aromatic carbocycles. The molecule has 1 heterocycles. The van der Waals surface area contributed by atoms with Crippen molar-refractivity contribution in [1.82, 2.24) is 9.97 Å². The van der Waals surface area contributed by atoms with E-state index in [1.54, 1.807) is 12.3 Å². The smallest absolute Gasteiger partial charge is 0.248 e. The molecule has 1 aromatic heterocycles. The minimum absolute atomic E-state index is 0.220. The first kappa shape index (κ1) is 19.3. The highest BCUT2D eigenvalue weighted by atomic mass is 16.1. The topological polar surface area (TPSA) is 66.9 Å². The van der Waals surface area contributed by atoms with E-state index >= 15 is 0 Å². The number of anilines is 2. The number of hydrogen-bond acceptors (Lipinski definition) is 4. The van der Waals surface area contributed by atoms with Gasteiger partial charge in [0.25, 0.3) is 0 Å². The molecule has 0 fully saturated rings. The molecular weight excluding hydrogens is 372 g/mol. The first-order valence-electron chi connectivity index (χ1n) is 9.85. The fraction of sp³-hybridized carbons (Fsp3) is 0.0800. The van der Waals surface area contributed by atoms with Gasteiger partial charge in [-0.25, -0.2) is 4.98 Å². The Balaban J connectivity index is 1.38. The summed E-state index contributed by atoms with van der Waals surface area (Å²) in [6, 6.07) is 25.6. The van der Waals surface area contributed by atoms with E-state index in [0.717, 1.165) is 35.4 Å². The van der Waals surface area contributed by atoms with E-state index in [2.05, 4.69) is 32.7 Å². The summed E-state index contributed by atoms with van der Waals surface area (Å²) in [6.07, 6.45) is 5.70. The van der Waals surface area contributed by atoms with Crippen molar-refractivity contribution in [3.05, 3.63) is 102 Å². The van der Waals surface area contributed by atoms with Crippen molar-refractivity contribution in [1.29, 1.82) is 0 Å². The lowest BCUT2D eigenvalue weighted by atomic mass is 10.1. The van der Waals surface area contributed by atoms with E-state index in [-0.39, 0.29) is 5.91 Å². The molecule has 2 N–H and O–H groups in total. The second kappa shape index (κ2) is 9.47. The summed E-state index contributed by atoms with van der Waals surface area (Å²) in [7, 11) is 0. The number of amides is 1.